The molecule has 2 aliphatic rings. The highest BCUT2D eigenvalue weighted by atomic mass is 15.1. The molecule has 2 heteroatoms. The summed E-state index contributed by atoms with van der Waals surface area (Å²) < 4.78 is 0. The van der Waals surface area contributed by atoms with Crippen molar-refractivity contribution in [3.05, 3.63) is 35.4 Å². The van der Waals surface area contributed by atoms with Gasteiger partial charge in [-0.15, -0.1) is 6.42 Å². The normalized spacial score (nSPS) is 22.0. The molecule has 3 rings (SSSR count). The summed E-state index contributed by atoms with van der Waals surface area (Å²) in [6.07, 6.45) is 8.30. The molecule has 19 heavy (non-hydrogen) atoms. The van der Waals surface area contributed by atoms with Crippen LogP contribution in [0.5, 0.6) is 0 Å². The van der Waals surface area contributed by atoms with Crippen LogP contribution < -0.4 is 5.32 Å². The summed E-state index contributed by atoms with van der Waals surface area (Å²) in [5.41, 5.74) is 2.96. The highest BCUT2D eigenvalue weighted by Gasteiger charge is 2.27. The number of hydrogen-bond acceptors (Lipinski definition) is 2. The van der Waals surface area contributed by atoms with Gasteiger partial charge >= 0.3 is 0 Å². The van der Waals surface area contributed by atoms with Crippen molar-refractivity contribution in [2.24, 2.45) is 5.92 Å². The molecule has 1 saturated carbocycles. The second-order valence-corrected chi connectivity index (χ2v) is 5.87. The fourth-order valence-corrected chi connectivity index (χ4v) is 3.06. The van der Waals surface area contributed by atoms with E-state index in [1.165, 1.54) is 30.5 Å². The number of nitrogens with one attached hydrogen (secondary N) is 1. The number of fused-ring (bicyclic) bond motifs is 1. The molecule has 1 N–H and O–H groups in total. The molecule has 1 aromatic rings. The molecular weight excluding hydrogens is 232 g/mol. The quantitative estimate of drug-likeness (QED) is 0.811. The van der Waals surface area contributed by atoms with E-state index >= 15 is 0 Å². The zero-order valence-electron chi connectivity index (χ0n) is 11.4. The van der Waals surface area contributed by atoms with Crippen molar-refractivity contribution in [3.63, 3.8) is 0 Å². The fraction of sp³-hybridized carbons (Fsp3) is 0.529. The Morgan fingerprint density at radius 1 is 1.26 bits per heavy atom. The Hall–Kier alpha value is -1.30. The van der Waals surface area contributed by atoms with Crippen LogP contribution in [-0.4, -0.2) is 31.1 Å². The molecule has 1 aromatic carbocycles. The molecule has 0 bridgehead atoms. The van der Waals surface area contributed by atoms with Gasteiger partial charge in [-0.25, -0.2) is 0 Å². The van der Waals surface area contributed by atoms with Crippen molar-refractivity contribution in [1.82, 2.24) is 10.2 Å². The van der Waals surface area contributed by atoms with Crippen LogP contribution in [0.3, 0.4) is 0 Å². The van der Waals surface area contributed by atoms with Gasteiger partial charge in [0.05, 0.1) is 6.54 Å². The Morgan fingerprint density at radius 3 is 2.89 bits per heavy atom. The lowest BCUT2D eigenvalue weighted by atomic mass is 9.90. The van der Waals surface area contributed by atoms with Crippen molar-refractivity contribution in [1.29, 1.82) is 0 Å². The van der Waals surface area contributed by atoms with E-state index in [0.717, 1.165) is 32.1 Å². The zero-order valence-corrected chi connectivity index (χ0v) is 11.4. The summed E-state index contributed by atoms with van der Waals surface area (Å²) in [7, 11) is 0. The minimum Gasteiger partial charge on any atom is -0.312 e. The average molecular weight is 254 g/mol. The van der Waals surface area contributed by atoms with Gasteiger partial charge in [-0.05, 0) is 29.9 Å². The molecule has 0 spiro atoms. The first kappa shape index (κ1) is 12.7. The van der Waals surface area contributed by atoms with E-state index in [2.05, 4.69) is 40.4 Å². The summed E-state index contributed by atoms with van der Waals surface area (Å²) >= 11 is 0. The third-order valence-corrected chi connectivity index (χ3v) is 4.21. The minimum atomic E-state index is 0.581. The van der Waals surface area contributed by atoms with Gasteiger partial charge in [-0.3, -0.25) is 4.90 Å². The van der Waals surface area contributed by atoms with Gasteiger partial charge in [0.25, 0.3) is 0 Å². The first-order chi connectivity index (χ1) is 9.36. The maximum atomic E-state index is 5.52. The van der Waals surface area contributed by atoms with E-state index in [-0.39, 0.29) is 0 Å². The first-order valence-corrected chi connectivity index (χ1v) is 7.31. The third kappa shape index (κ3) is 3.18. The summed E-state index contributed by atoms with van der Waals surface area (Å²) in [6, 6.07) is 8.81. The van der Waals surface area contributed by atoms with Crippen LogP contribution in [0.4, 0.5) is 0 Å². The lowest BCUT2D eigenvalue weighted by molar-refractivity contribution is 0.268. The van der Waals surface area contributed by atoms with Gasteiger partial charge in [0.2, 0.25) is 0 Å². The molecular formula is C17H22N2. The Morgan fingerprint density at radius 2 is 2.11 bits per heavy atom. The molecule has 0 aromatic heterocycles. The van der Waals surface area contributed by atoms with Gasteiger partial charge < -0.3 is 5.32 Å². The Labute approximate surface area is 116 Å². The monoisotopic (exact) mass is 254 g/mol. The summed E-state index contributed by atoms with van der Waals surface area (Å²) in [5.74, 6) is 4.30. The van der Waals surface area contributed by atoms with Crippen LogP contribution in [0.15, 0.2) is 24.3 Å². The minimum absolute atomic E-state index is 0.581. The summed E-state index contributed by atoms with van der Waals surface area (Å²) in [4.78, 5) is 2.46. The van der Waals surface area contributed by atoms with Crippen molar-refractivity contribution in [3.8, 4) is 12.3 Å². The molecule has 0 amide bonds. The van der Waals surface area contributed by atoms with E-state index in [1.807, 2.05) is 0 Å². The largest absolute Gasteiger partial charge is 0.312 e. The number of hydrogen-bond donors (Lipinski definition) is 1. The number of benzene rings is 1. The molecule has 0 radical (unpaired) electrons. The topological polar surface area (TPSA) is 15.3 Å². The fourth-order valence-electron chi connectivity index (χ4n) is 3.06. The van der Waals surface area contributed by atoms with Gasteiger partial charge in [0, 0.05) is 32.1 Å². The predicted molar refractivity (Wildman–Crippen MR) is 78.9 cm³/mol. The molecule has 2 nitrogen and oxygen atoms in total. The summed E-state index contributed by atoms with van der Waals surface area (Å²) in [6.45, 7) is 5.13. The average Bonchev–Trinajstić information content (AvgIpc) is 3.23. The van der Waals surface area contributed by atoms with E-state index < -0.39 is 0 Å². The van der Waals surface area contributed by atoms with Crippen LogP contribution in [0.2, 0.25) is 0 Å². The molecule has 100 valence electrons. The van der Waals surface area contributed by atoms with Crippen molar-refractivity contribution in [2.45, 2.75) is 25.3 Å². The van der Waals surface area contributed by atoms with Gasteiger partial charge in [-0.1, -0.05) is 30.2 Å². The van der Waals surface area contributed by atoms with Crippen molar-refractivity contribution >= 4 is 0 Å². The van der Waals surface area contributed by atoms with Crippen LogP contribution in [-0.2, 0) is 6.54 Å². The number of rotatable bonds is 5. The Bertz CT molecular complexity index is 470. The Kier molecular flexibility index (Phi) is 3.87. The van der Waals surface area contributed by atoms with E-state index in [0.29, 0.717) is 5.92 Å². The third-order valence-electron chi connectivity index (χ3n) is 4.21. The lowest BCUT2D eigenvalue weighted by Crippen LogP contribution is -2.37. The molecule has 1 aliphatic heterocycles. The predicted octanol–water partition coefficient (Wildman–Crippen LogP) is 2.22. The van der Waals surface area contributed by atoms with Gasteiger partial charge in [-0.2, -0.15) is 0 Å². The number of nitrogens with zero attached hydrogens (tertiary/aromatic N) is 1. The van der Waals surface area contributed by atoms with E-state index in [4.69, 9.17) is 6.42 Å². The number of terminal acetylenes is 1. The molecule has 1 atom stereocenters. The van der Waals surface area contributed by atoms with E-state index in [9.17, 15) is 0 Å². The maximum absolute atomic E-state index is 5.52. The molecule has 1 aliphatic carbocycles. The first-order valence-electron chi connectivity index (χ1n) is 7.31. The van der Waals surface area contributed by atoms with Crippen molar-refractivity contribution in [2.75, 3.05) is 26.2 Å². The van der Waals surface area contributed by atoms with Crippen molar-refractivity contribution < 1.29 is 0 Å². The summed E-state index contributed by atoms with van der Waals surface area (Å²) in [5, 5.41) is 3.53. The molecule has 1 unspecified atom stereocenters. The maximum Gasteiger partial charge on any atom is 0.0599 e. The highest BCUT2D eigenvalue weighted by Crippen LogP contribution is 2.31. The van der Waals surface area contributed by atoms with Crippen LogP contribution in [0.25, 0.3) is 0 Å². The van der Waals surface area contributed by atoms with Crippen LogP contribution >= 0.6 is 0 Å². The lowest BCUT2D eigenvalue weighted by Gasteiger charge is -2.31. The van der Waals surface area contributed by atoms with E-state index in [1.54, 1.807) is 0 Å². The second-order valence-electron chi connectivity index (χ2n) is 5.87. The van der Waals surface area contributed by atoms with Gasteiger partial charge in [0.1, 0.15) is 0 Å². The van der Waals surface area contributed by atoms with Crippen LogP contribution in [0, 0.1) is 18.3 Å². The molecule has 0 saturated heterocycles. The van der Waals surface area contributed by atoms with Gasteiger partial charge in [0.15, 0.2) is 0 Å². The Balaban J connectivity index is 1.69. The molecule has 1 heterocycles. The standard InChI is InChI=1S/C17H22N2/c1-2-9-19(12-14-7-8-14)13-16-11-18-10-15-5-3-4-6-17(15)16/h1,3-6,14,16,18H,7-13H2. The highest BCUT2D eigenvalue weighted by molar-refractivity contribution is 5.33. The smallest absolute Gasteiger partial charge is 0.0599 e. The molecule has 1 fully saturated rings. The second kappa shape index (κ2) is 5.77. The van der Waals surface area contributed by atoms with Crippen LogP contribution in [0.1, 0.15) is 29.9 Å². The zero-order chi connectivity index (χ0) is 13.1. The SMILES string of the molecule is C#CCN(CC1CC1)CC1CNCc2ccccc21.